The summed E-state index contributed by atoms with van der Waals surface area (Å²) in [6, 6.07) is 0. The predicted molar refractivity (Wildman–Crippen MR) is 25.9 cm³/mol. The van der Waals surface area contributed by atoms with Crippen molar-refractivity contribution >= 4 is 0 Å². The zero-order chi connectivity index (χ0) is 3.41. The first kappa shape index (κ1) is 16.0. The van der Waals surface area contributed by atoms with Gasteiger partial charge in [0.1, 0.15) is 0 Å². The Labute approximate surface area is 52.3 Å². The van der Waals surface area contributed by atoms with Crippen LogP contribution >= 0.6 is 0 Å². The Morgan fingerprint density at radius 1 is 1.00 bits per heavy atom. The van der Waals surface area contributed by atoms with Crippen molar-refractivity contribution in [2.75, 3.05) is 0 Å². The first-order valence-corrected chi connectivity index (χ1v) is 1.91. The first-order chi connectivity index (χ1) is 1.91. The summed E-state index contributed by atoms with van der Waals surface area (Å²) in [5, 5.41) is 0. The Balaban J connectivity index is -0.0000000450. The number of nitrogens with two attached hydrogens (primary N) is 1. The molecule has 0 atom stereocenters. The zero-order valence-corrected chi connectivity index (χ0v) is 4.99. The van der Waals surface area contributed by atoms with E-state index in [1.54, 1.807) is 0 Å². The summed E-state index contributed by atoms with van der Waals surface area (Å²) in [5.74, 6) is 0. The van der Waals surface area contributed by atoms with Gasteiger partial charge in [-0.25, -0.2) is 0 Å². The van der Waals surface area contributed by atoms with Crippen molar-refractivity contribution in [1.82, 2.24) is 0 Å². The second-order valence-electron chi connectivity index (χ2n) is 1.000. The summed E-state index contributed by atoms with van der Waals surface area (Å²) in [5.41, 5.74) is 0. The van der Waals surface area contributed by atoms with Crippen LogP contribution in [0.3, 0.4) is 0 Å². The van der Waals surface area contributed by atoms with Crippen LogP contribution in [0.25, 0.3) is 6.15 Å². The van der Waals surface area contributed by atoms with Gasteiger partial charge in [0, 0.05) is 0 Å². The molecule has 0 aliphatic rings. The van der Waals surface area contributed by atoms with Gasteiger partial charge in [0.15, 0.2) is 0 Å². The molecule has 2 N–H and O–H groups in total. The Kier molecular flexibility index (Phi) is 47.1. The minimum absolute atomic E-state index is 0. The van der Waals surface area contributed by atoms with Crippen molar-refractivity contribution in [3.05, 3.63) is 6.15 Å². The summed E-state index contributed by atoms with van der Waals surface area (Å²) in [4.78, 5) is 0. The molecule has 0 bridgehead atoms. The molecule has 0 saturated carbocycles. The molecule has 34 valence electrons. The monoisotopic (exact) mass is 81.1 g/mol. The van der Waals surface area contributed by atoms with E-state index < -0.39 is 0 Å². The van der Waals surface area contributed by atoms with Crippen LogP contribution in [0.2, 0.25) is 0 Å². The molecule has 0 heterocycles. The Morgan fingerprint density at radius 2 is 1.17 bits per heavy atom. The SMILES string of the molecule is CCCC.[Li+].[NH2-]. The standard InChI is InChI=1S/C4H10.Li.H2N/c1-3-4-2;;/h3-4H2,1-2H3;;1H2/q;+1;-1. The quantitative estimate of drug-likeness (QED) is 0.382. The van der Waals surface area contributed by atoms with E-state index in [9.17, 15) is 0 Å². The van der Waals surface area contributed by atoms with Gasteiger partial charge < -0.3 is 6.15 Å². The average molecular weight is 81.1 g/mol. The van der Waals surface area contributed by atoms with Gasteiger partial charge in [0.25, 0.3) is 0 Å². The fourth-order valence-electron chi connectivity index (χ4n) is 0. The smallest absolute Gasteiger partial charge is 0.693 e. The molecular weight excluding hydrogens is 69.0 g/mol. The largest absolute Gasteiger partial charge is 1.00 e. The van der Waals surface area contributed by atoms with E-state index in [-0.39, 0.29) is 25.0 Å². The number of hydrogen-bond acceptors (Lipinski definition) is 0. The fourth-order valence-corrected chi connectivity index (χ4v) is 0. The van der Waals surface area contributed by atoms with Crippen molar-refractivity contribution in [2.24, 2.45) is 0 Å². The van der Waals surface area contributed by atoms with Gasteiger partial charge in [0.05, 0.1) is 0 Å². The molecule has 0 rings (SSSR count). The summed E-state index contributed by atoms with van der Waals surface area (Å²) in [6.07, 6.45) is 2.64. The van der Waals surface area contributed by atoms with Crippen LogP contribution in [0.1, 0.15) is 26.7 Å². The molecule has 0 saturated heterocycles. The van der Waals surface area contributed by atoms with E-state index in [1.165, 1.54) is 12.8 Å². The molecule has 0 unspecified atom stereocenters. The third kappa shape index (κ3) is 23.8. The Bertz CT molecular complexity index is 9.51. The minimum Gasteiger partial charge on any atom is -0.693 e. The molecule has 0 aromatic heterocycles. The van der Waals surface area contributed by atoms with Crippen LogP contribution in [0.4, 0.5) is 0 Å². The molecule has 0 radical (unpaired) electrons. The molecule has 2 heteroatoms. The molecule has 0 aliphatic heterocycles. The van der Waals surface area contributed by atoms with Gasteiger partial charge in [-0.3, -0.25) is 0 Å². The van der Waals surface area contributed by atoms with E-state index in [0.717, 1.165) is 0 Å². The van der Waals surface area contributed by atoms with Crippen molar-refractivity contribution in [1.29, 1.82) is 0 Å². The van der Waals surface area contributed by atoms with Gasteiger partial charge in [-0.15, -0.1) is 0 Å². The normalized spacial score (nSPS) is 5.00. The molecule has 0 fully saturated rings. The third-order valence-electron chi connectivity index (χ3n) is 0.500. The van der Waals surface area contributed by atoms with Crippen molar-refractivity contribution in [2.45, 2.75) is 26.7 Å². The molecule has 0 amide bonds. The molecule has 0 aromatic rings. The molecule has 0 spiro atoms. The topological polar surface area (TPSA) is 33.5 Å². The molecule has 6 heavy (non-hydrogen) atoms. The number of rotatable bonds is 1. The summed E-state index contributed by atoms with van der Waals surface area (Å²) >= 11 is 0. The maximum Gasteiger partial charge on any atom is 1.00 e. The summed E-state index contributed by atoms with van der Waals surface area (Å²) in [7, 11) is 0. The molecular formula is C4H12LiN. The zero-order valence-electron chi connectivity index (χ0n) is 4.99. The first-order valence-electron chi connectivity index (χ1n) is 1.91. The molecule has 1 nitrogen and oxygen atoms in total. The van der Waals surface area contributed by atoms with Crippen LogP contribution in [-0.4, -0.2) is 0 Å². The third-order valence-corrected chi connectivity index (χ3v) is 0.500. The molecule has 0 aliphatic carbocycles. The van der Waals surface area contributed by atoms with Gasteiger partial charge in [-0.2, -0.15) is 0 Å². The van der Waals surface area contributed by atoms with E-state index in [2.05, 4.69) is 13.8 Å². The van der Waals surface area contributed by atoms with Crippen molar-refractivity contribution in [3.63, 3.8) is 0 Å². The van der Waals surface area contributed by atoms with Gasteiger partial charge in [0.2, 0.25) is 0 Å². The Morgan fingerprint density at radius 3 is 1.17 bits per heavy atom. The van der Waals surface area contributed by atoms with E-state index in [4.69, 9.17) is 0 Å². The van der Waals surface area contributed by atoms with Gasteiger partial charge in [-0.1, -0.05) is 26.7 Å². The summed E-state index contributed by atoms with van der Waals surface area (Å²) in [6.45, 7) is 4.36. The van der Waals surface area contributed by atoms with Crippen LogP contribution in [-0.2, 0) is 0 Å². The minimum atomic E-state index is 0. The average Bonchev–Trinajstić information content (AvgIpc) is 1.37. The van der Waals surface area contributed by atoms with Crippen LogP contribution in [0.5, 0.6) is 0 Å². The van der Waals surface area contributed by atoms with Gasteiger partial charge in [-0.05, 0) is 0 Å². The van der Waals surface area contributed by atoms with E-state index in [1.807, 2.05) is 0 Å². The van der Waals surface area contributed by atoms with Crippen LogP contribution in [0.15, 0.2) is 0 Å². The number of unbranched alkanes of at least 4 members (excludes halogenated alkanes) is 1. The van der Waals surface area contributed by atoms with E-state index >= 15 is 0 Å². The Hall–Kier alpha value is 0.557. The van der Waals surface area contributed by atoms with Gasteiger partial charge >= 0.3 is 18.9 Å². The predicted octanol–water partition coefficient (Wildman–Crippen LogP) is -0.473. The maximum atomic E-state index is 2.18. The second kappa shape index (κ2) is 17.6. The van der Waals surface area contributed by atoms with Crippen molar-refractivity contribution in [3.8, 4) is 0 Å². The van der Waals surface area contributed by atoms with Crippen LogP contribution in [0, 0.1) is 0 Å². The fraction of sp³-hybridized carbons (Fsp3) is 1.00. The molecule has 0 aromatic carbocycles. The maximum absolute atomic E-state index is 2.18. The number of hydrogen-bond donors (Lipinski definition) is 0. The second-order valence-corrected chi connectivity index (χ2v) is 1.000. The van der Waals surface area contributed by atoms with Crippen LogP contribution < -0.4 is 18.9 Å². The van der Waals surface area contributed by atoms with E-state index in [0.29, 0.717) is 0 Å². The van der Waals surface area contributed by atoms with Crippen molar-refractivity contribution < 1.29 is 18.9 Å². The summed E-state index contributed by atoms with van der Waals surface area (Å²) < 4.78 is 0.